The molecule has 0 radical (unpaired) electrons. The summed E-state index contributed by atoms with van der Waals surface area (Å²) in [5.41, 5.74) is -1.36. The standard InChI is InChI=1S/C30H57N3O6/c1-19-13-30(6,36-11)26(39-27-25(34)23(31(7)8)12-21(3)38-27)20(2)14-29(4,5)28(35)37-18-24(33(10)15-19)22-16-32(9)17-22/h19-27,34H,12-18H2,1-11H3/t19-,20+,21-,23+,24-,25-,26-,27+,30-/m1/s1. The predicted octanol–water partition coefficient (Wildman–Crippen LogP) is 2.70. The second-order valence-electron chi connectivity index (χ2n) is 14.1. The van der Waals surface area contributed by atoms with E-state index in [1.54, 1.807) is 7.11 Å². The number of nitrogens with zero attached hydrogens (tertiary/aromatic N) is 3. The molecule has 0 aromatic rings. The molecule has 9 heteroatoms. The first kappa shape index (κ1) is 32.7. The first-order valence-electron chi connectivity index (χ1n) is 14.8. The van der Waals surface area contributed by atoms with Gasteiger partial charge >= 0.3 is 5.97 Å². The van der Waals surface area contributed by atoms with Gasteiger partial charge in [0, 0.05) is 44.7 Å². The maximum atomic E-state index is 13.4. The van der Waals surface area contributed by atoms with Crippen molar-refractivity contribution in [2.75, 3.05) is 61.5 Å². The highest BCUT2D eigenvalue weighted by atomic mass is 16.7. The molecule has 3 aliphatic heterocycles. The number of likely N-dealkylation sites (tertiary alicyclic amines) is 1. The Kier molecular flexibility index (Phi) is 10.9. The van der Waals surface area contributed by atoms with Gasteiger partial charge in [0.2, 0.25) is 0 Å². The third-order valence-corrected chi connectivity index (χ3v) is 9.47. The average Bonchev–Trinajstić information content (AvgIpc) is 2.81. The van der Waals surface area contributed by atoms with Gasteiger partial charge in [0.15, 0.2) is 6.29 Å². The number of methoxy groups -OCH3 is 1. The van der Waals surface area contributed by atoms with E-state index in [9.17, 15) is 9.90 Å². The third kappa shape index (κ3) is 7.73. The zero-order valence-electron chi connectivity index (χ0n) is 26.5. The summed E-state index contributed by atoms with van der Waals surface area (Å²) in [6, 6.07) is 0.108. The summed E-state index contributed by atoms with van der Waals surface area (Å²) in [6.07, 6.45) is 0.0224. The third-order valence-electron chi connectivity index (χ3n) is 9.47. The van der Waals surface area contributed by atoms with Gasteiger partial charge in [-0.2, -0.15) is 0 Å². The molecule has 3 rings (SSSR count). The van der Waals surface area contributed by atoms with Crippen molar-refractivity contribution >= 4 is 5.97 Å². The number of hydrogen-bond acceptors (Lipinski definition) is 9. The Labute approximate surface area is 237 Å². The zero-order chi connectivity index (χ0) is 29.3. The topological polar surface area (TPSA) is 83.9 Å². The fourth-order valence-electron chi connectivity index (χ4n) is 7.34. The lowest BCUT2D eigenvalue weighted by Crippen LogP contribution is -2.58. The molecule has 0 amide bonds. The van der Waals surface area contributed by atoms with E-state index in [0.29, 0.717) is 24.9 Å². The van der Waals surface area contributed by atoms with Crippen LogP contribution in [0.2, 0.25) is 0 Å². The Morgan fingerprint density at radius 1 is 1.05 bits per heavy atom. The lowest BCUT2D eigenvalue weighted by Gasteiger charge is -2.47. The first-order valence-corrected chi connectivity index (χ1v) is 14.8. The van der Waals surface area contributed by atoms with E-state index < -0.39 is 29.5 Å². The highest BCUT2D eigenvalue weighted by Crippen LogP contribution is 2.40. The van der Waals surface area contributed by atoms with Crippen LogP contribution in [-0.4, -0.2) is 130 Å². The minimum absolute atomic E-state index is 0.0499. The van der Waals surface area contributed by atoms with Gasteiger partial charge < -0.3 is 33.9 Å². The molecular formula is C30H57N3O6. The van der Waals surface area contributed by atoms with Crippen molar-refractivity contribution in [2.45, 2.75) is 103 Å². The molecule has 3 aliphatic rings. The van der Waals surface area contributed by atoms with Gasteiger partial charge in [-0.1, -0.05) is 13.8 Å². The molecule has 228 valence electrons. The average molecular weight is 556 g/mol. The van der Waals surface area contributed by atoms with Crippen molar-refractivity contribution in [3.05, 3.63) is 0 Å². The van der Waals surface area contributed by atoms with Crippen molar-refractivity contribution < 1.29 is 28.8 Å². The molecule has 1 N–H and O–H groups in total. The monoisotopic (exact) mass is 555 g/mol. The van der Waals surface area contributed by atoms with Crippen LogP contribution in [-0.2, 0) is 23.7 Å². The highest BCUT2D eigenvalue weighted by Gasteiger charge is 2.48. The summed E-state index contributed by atoms with van der Waals surface area (Å²) in [7, 11) is 9.98. The van der Waals surface area contributed by atoms with E-state index in [1.165, 1.54) is 0 Å². The fourth-order valence-corrected chi connectivity index (χ4v) is 7.34. The Hall–Kier alpha value is -0.810. The van der Waals surface area contributed by atoms with E-state index in [4.69, 9.17) is 18.9 Å². The van der Waals surface area contributed by atoms with Gasteiger partial charge in [0.05, 0.1) is 23.2 Å². The molecule has 0 aromatic carbocycles. The van der Waals surface area contributed by atoms with Gasteiger partial charge in [0.25, 0.3) is 0 Å². The zero-order valence-corrected chi connectivity index (χ0v) is 26.5. The minimum Gasteiger partial charge on any atom is -0.464 e. The summed E-state index contributed by atoms with van der Waals surface area (Å²) in [6.45, 7) is 15.7. The van der Waals surface area contributed by atoms with E-state index in [1.807, 2.05) is 39.8 Å². The Balaban J connectivity index is 1.92. The molecule has 3 heterocycles. The van der Waals surface area contributed by atoms with Crippen molar-refractivity contribution in [2.24, 2.45) is 23.2 Å². The minimum atomic E-state index is -0.794. The van der Waals surface area contributed by atoms with Crippen LogP contribution in [0.5, 0.6) is 0 Å². The van der Waals surface area contributed by atoms with Crippen molar-refractivity contribution in [1.82, 2.24) is 14.7 Å². The fraction of sp³-hybridized carbons (Fsp3) is 0.967. The Morgan fingerprint density at radius 2 is 1.69 bits per heavy atom. The van der Waals surface area contributed by atoms with Gasteiger partial charge in [-0.15, -0.1) is 0 Å². The van der Waals surface area contributed by atoms with Crippen LogP contribution in [0, 0.1) is 23.2 Å². The van der Waals surface area contributed by atoms with E-state index in [2.05, 4.69) is 44.7 Å². The number of ether oxygens (including phenoxy) is 4. The van der Waals surface area contributed by atoms with Gasteiger partial charge in [0.1, 0.15) is 12.7 Å². The van der Waals surface area contributed by atoms with Crippen LogP contribution < -0.4 is 0 Å². The van der Waals surface area contributed by atoms with Crippen LogP contribution in [0.15, 0.2) is 0 Å². The maximum absolute atomic E-state index is 13.4. The molecular weight excluding hydrogens is 498 g/mol. The van der Waals surface area contributed by atoms with Gasteiger partial charge in [-0.05, 0) is 87.0 Å². The quantitative estimate of drug-likeness (QED) is 0.515. The van der Waals surface area contributed by atoms with Crippen LogP contribution in [0.4, 0.5) is 0 Å². The number of aliphatic hydroxyl groups is 1. The summed E-state index contributed by atoms with van der Waals surface area (Å²) in [4.78, 5) is 20.2. The molecule has 0 saturated carbocycles. The summed E-state index contributed by atoms with van der Waals surface area (Å²) in [5, 5.41) is 11.3. The number of cyclic esters (lactones) is 1. The van der Waals surface area contributed by atoms with Crippen LogP contribution in [0.1, 0.15) is 60.8 Å². The highest BCUT2D eigenvalue weighted by molar-refractivity contribution is 5.75. The largest absolute Gasteiger partial charge is 0.464 e. The lowest BCUT2D eigenvalue weighted by atomic mass is 9.75. The molecule has 3 saturated heterocycles. The van der Waals surface area contributed by atoms with E-state index >= 15 is 0 Å². The lowest BCUT2D eigenvalue weighted by molar-refractivity contribution is -0.298. The molecule has 0 aromatic heterocycles. The van der Waals surface area contributed by atoms with Crippen LogP contribution in [0.25, 0.3) is 0 Å². The second kappa shape index (κ2) is 13.0. The predicted molar refractivity (Wildman–Crippen MR) is 152 cm³/mol. The molecule has 0 unspecified atom stereocenters. The van der Waals surface area contributed by atoms with E-state index in [0.717, 1.165) is 32.5 Å². The summed E-state index contributed by atoms with van der Waals surface area (Å²) < 4.78 is 25.2. The van der Waals surface area contributed by atoms with Crippen molar-refractivity contribution in [1.29, 1.82) is 0 Å². The van der Waals surface area contributed by atoms with Gasteiger partial charge in [-0.3, -0.25) is 9.69 Å². The van der Waals surface area contributed by atoms with Crippen molar-refractivity contribution in [3.8, 4) is 0 Å². The number of rotatable bonds is 5. The smallest absolute Gasteiger partial charge is 0.311 e. The SMILES string of the molecule is CO[C@]1(C)C[C@@H](C)CN(C)[C@@H](C2CN(C)C2)COC(=O)C(C)(C)C[C@H](C)[C@H]1O[C@@H]1O[C@H](C)C[C@H](N(C)C)[C@H]1O. The summed E-state index contributed by atoms with van der Waals surface area (Å²) in [5.74, 6) is 0.535. The Bertz CT molecular complexity index is 806. The number of likely N-dealkylation sites (N-methyl/N-ethyl adjacent to an activating group) is 2. The number of hydrogen-bond donors (Lipinski definition) is 1. The van der Waals surface area contributed by atoms with Gasteiger partial charge in [-0.25, -0.2) is 0 Å². The Morgan fingerprint density at radius 3 is 2.26 bits per heavy atom. The summed E-state index contributed by atoms with van der Waals surface area (Å²) >= 11 is 0. The van der Waals surface area contributed by atoms with Crippen LogP contribution in [0.3, 0.4) is 0 Å². The molecule has 0 spiro atoms. The normalized spacial score (nSPS) is 42.2. The molecule has 3 fully saturated rings. The number of carbonyl (C=O) groups excluding carboxylic acids is 1. The van der Waals surface area contributed by atoms with Crippen molar-refractivity contribution in [3.63, 3.8) is 0 Å². The molecule has 39 heavy (non-hydrogen) atoms. The molecule has 9 atom stereocenters. The van der Waals surface area contributed by atoms with Crippen LogP contribution >= 0.6 is 0 Å². The van der Waals surface area contributed by atoms with E-state index in [-0.39, 0.29) is 30.1 Å². The number of carbonyl (C=O) groups is 1. The maximum Gasteiger partial charge on any atom is 0.311 e. The second-order valence-corrected chi connectivity index (χ2v) is 14.1. The first-order chi connectivity index (χ1) is 18.1. The molecule has 0 aliphatic carbocycles. The molecule has 0 bridgehead atoms. The molecule has 9 nitrogen and oxygen atoms in total. The number of esters is 1. The number of aliphatic hydroxyl groups excluding tert-OH is 1.